The molecule has 0 aliphatic heterocycles. The van der Waals surface area contributed by atoms with Crippen LogP contribution in [0.5, 0.6) is 0 Å². The van der Waals surface area contributed by atoms with Gasteiger partial charge in [-0.3, -0.25) is 0 Å². The average Bonchev–Trinajstić information content (AvgIpc) is 2.05. The first-order valence-corrected chi connectivity index (χ1v) is 4.80. The van der Waals surface area contributed by atoms with E-state index in [2.05, 4.69) is 10.2 Å². The van der Waals surface area contributed by atoms with Crippen LogP contribution in [0, 0.1) is 0 Å². The lowest BCUT2D eigenvalue weighted by Crippen LogP contribution is -2.33. The first-order chi connectivity index (χ1) is 6.48. The quantitative estimate of drug-likeness (QED) is 0.751. The van der Waals surface area contributed by atoms with E-state index in [0.717, 1.165) is 0 Å². The smallest absolute Gasteiger partial charge is 0.207 e. The van der Waals surface area contributed by atoms with Gasteiger partial charge in [-0.05, 0) is 17.5 Å². The highest BCUT2D eigenvalue weighted by molar-refractivity contribution is 6.31. The minimum absolute atomic E-state index is 0.162. The Hall–Kier alpha value is -0.480. The van der Waals surface area contributed by atoms with Crippen LogP contribution in [0.2, 0.25) is 10.3 Å². The van der Waals surface area contributed by atoms with E-state index >= 15 is 0 Å². The first kappa shape index (κ1) is 10.1. The zero-order chi connectivity index (χ0) is 10.3. The Bertz CT molecular complexity index is 362. The van der Waals surface area contributed by atoms with Gasteiger partial charge in [-0.1, -0.05) is 23.2 Å². The first-order valence-electron chi connectivity index (χ1n) is 4.04. The molecule has 76 valence electrons. The molecule has 0 radical (unpaired) electrons. The van der Waals surface area contributed by atoms with Crippen LogP contribution in [0.4, 0.5) is 8.78 Å². The molecule has 14 heavy (non-hydrogen) atoms. The molecule has 0 aromatic carbocycles. The third-order valence-electron chi connectivity index (χ3n) is 2.28. The van der Waals surface area contributed by atoms with E-state index in [0.29, 0.717) is 5.56 Å². The summed E-state index contributed by atoms with van der Waals surface area (Å²) in [7, 11) is 0. The highest BCUT2D eigenvalue weighted by Gasteiger charge is 2.46. The lowest BCUT2D eigenvalue weighted by molar-refractivity contribution is -0.0868. The molecule has 1 aromatic heterocycles. The van der Waals surface area contributed by atoms with Crippen LogP contribution in [-0.4, -0.2) is 16.1 Å². The minimum atomic E-state index is -2.57. The van der Waals surface area contributed by atoms with Gasteiger partial charge >= 0.3 is 0 Å². The van der Waals surface area contributed by atoms with Crippen molar-refractivity contribution in [3.05, 3.63) is 21.9 Å². The number of halogens is 4. The maximum atomic E-state index is 12.6. The van der Waals surface area contributed by atoms with Crippen molar-refractivity contribution in [3.63, 3.8) is 0 Å². The Balaban J connectivity index is 2.22. The summed E-state index contributed by atoms with van der Waals surface area (Å²) in [5.74, 6) is -2.81. The molecule has 1 aromatic rings. The number of hydrogen-bond donors (Lipinski definition) is 0. The predicted octanol–water partition coefficient (Wildman–Crippen LogP) is 3.30. The number of nitrogens with zero attached hydrogens (tertiary/aromatic N) is 2. The maximum absolute atomic E-state index is 12.6. The fourth-order valence-electron chi connectivity index (χ4n) is 1.53. The monoisotopic (exact) mass is 238 g/mol. The van der Waals surface area contributed by atoms with E-state index in [1.54, 1.807) is 0 Å². The van der Waals surface area contributed by atoms with Gasteiger partial charge in [0, 0.05) is 12.8 Å². The van der Waals surface area contributed by atoms with E-state index in [4.69, 9.17) is 23.2 Å². The second-order valence-electron chi connectivity index (χ2n) is 3.37. The molecule has 1 aliphatic rings. The Labute approximate surface area is 89.2 Å². The van der Waals surface area contributed by atoms with E-state index in [9.17, 15) is 8.78 Å². The highest BCUT2D eigenvalue weighted by Crippen LogP contribution is 2.49. The molecule has 1 saturated carbocycles. The van der Waals surface area contributed by atoms with Crippen LogP contribution < -0.4 is 0 Å². The summed E-state index contributed by atoms with van der Waals surface area (Å²) in [5.41, 5.74) is 0.567. The van der Waals surface area contributed by atoms with Gasteiger partial charge in [0.25, 0.3) is 0 Å². The van der Waals surface area contributed by atoms with Gasteiger partial charge in [-0.25, -0.2) is 8.78 Å². The van der Waals surface area contributed by atoms with Crippen molar-refractivity contribution in [2.24, 2.45) is 0 Å². The molecule has 2 rings (SSSR count). The lowest BCUT2D eigenvalue weighted by Gasteiger charge is -2.35. The van der Waals surface area contributed by atoms with Gasteiger partial charge in [0.1, 0.15) is 0 Å². The Morgan fingerprint density at radius 1 is 1.29 bits per heavy atom. The van der Waals surface area contributed by atoms with Crippen LogP contribution in [0.1, 0.15) is 24.3 Å². The van der Waals surface area contributed by atoms with Gasteiger partial charge in [0.2, 0.25) is 5.92 Å². The van der Waals surface area contributed by atoms with Crippen molar-refractivity contribution in [1.29, 1.82) is 0 Å². The summed E-state index contributed by atoms with van der Waals surface area (Å²) in [6.45, 7) is 0. The molecule has 1 heterocycles. The molecule has 0 saturated heterocycles. The summed E-state index contributed by atoms with van der Waals surface area (Å²) in [4.78, 5) is 0. The molecule has 0 spiro atoms. The topological polar surface area (TPSA) is 25.8 Å². The third-order valence-corrected chi connectivity index (χ3v) is 2.75. The fraction of sp³-hybridized carbons (Fsp3) is 0.500. The van der Waals surface area contributed by atoms with Crippen molar-refractivity contribution in [3.8, 4) is 0 Å². The zero-order valence-corrected chi connectivity index (χ0v) is 8.49. The maximum Gasteiger partial charge on any atom is 0.249 e. The average molecular weight is 239 g/mol. The molecule has 1 fully saturated rings. The Kier molecular flexibility index (Phi) is 2.35. The molecular weight excluding hydrogens is 233 g/mol. The molecule has 2 nitrogen and oxygen atoms in total. The van der Waals surface area contributed by atoms with Gasteiger partial charge in [0.05, 0.1) is 0 Å². The normalized spacial score (nSPS) is 20.6. The van der Waals surface area contributed by atoms with Gasteiger partial charge < -0.3 is 0 Å². The van der Waals surface area contributed by atoms with Crippen molar-refractivity contribution < 1.29 is 8.78 Å². The number of aromatic nitrogens is 2. The molecule has 0 atom stereocenters. The van der Waals surface area contributed by atoms with Crippen LogP contribution in [-0.2, 0) is 0 Å². The number of rotatable bonds is 1. The largest absolute Gasteiger partial charge is 0.249 e. The molecule has 0 N–H and O–H groups in total. The fourth-order valence-corrected chi connectivity index (χ4v) is 1.94. The van der Waals surface area contributed by atoms with Gasteiger partial charge in [-0.2, -0.15) is 0 Å². The summed E-state index contributed by atoms with van der Waals surface area (Å²) in [6, 6.07) is 1.50. The van der Waals surface area contributed by atoms with Gasteiger partial charge in [0.15, 0.2) is 10.3 Å². The number of hydrogen-bond acceptors (Lipinski definition) is 2. The lowest BCUT2D eigenvalue weighted by atomic mass is 9.77. The van der Waals surface area contributed by atoms with E-state index in [-0.39, 0.29) is 29.1 Å². The predicted molar refractivity (Wildman–Crippen MR) is 49.0 cm³/mol. The van der Waals surface area contributed by atoms with E-state index in [1.165, 1.54) is 6.07 Å². The van der Waals surface area contributed by atoms with Crippen LogP contribution in [0.25, 0.3) is 0 Å². The SMILES string of the molecule is FC1(F)CC(c2cc(Cl)nnc2Cl)C1. The number of alkyl halides is 2. The summed E-state index contributed by atoms with van der Waals surface area (Å²) >= 11 is 11.3. The third kappa shape index (κ3) is 1.81. The molecule has 1 aliphatic carbocycles. The highest BCUT2D eigenvalue weighted by atomic mass is 35.5. The van der Waals surface area contributed by atoms with Crippen molar-refractivity contribution in [2.45, 2.75) is 24.7 Å². The van der Waals surface area contributed by atoms with Crippen molar-refractivity contribution >= 4 is 23.2 Å². The van der Waals surface area contributed by atoms with Crippen molar-refractivity contribution in [1.82, 2.24) is 10.2 Å². The van der Waals surface area contributed by atoms with E-state index < -0.39 is 5.92 Å². The molecule has 6 heteroatoms. The molecule has 0 amide bonds. The summed E-state index contributed by atoms with van der Waals surface area (Å²) < 4.78 is 25.2. The second kappa shape index (κ2) is 3.28. The summed E-state index contributed by atoms with van der Waals surface area (Å²) in [5, 5.41) is 7.42. The summed E-state index contributed by atoms with van der Waals surface area (Å²) in [6.07, 6.45) is -0.372. The minimum Gasteiger partial charge on any atom is -0.207 e. The molecular formula is C8H6Cl2F2N2. The van der Waals surface area contributed by atoms with E-state index in [1.807, 2.05) is 0 Å². The van der Waals surface area contributed by atoms with Gasteiger partial charge in [-0.15, -0.1) is 10.2 Å². The van der Waals surface area contributed by atoms with Crippen molar-refractivity contribution in [2.75, 3.05) is 0 Å². The Morgan fingerprint density at radius 3 is 2.50 bits per heavy atom. The zero-order valence-electron chi connectivity index (χ0n) is 6.98. The molecule has 0 bridgehead atoms. The standard InChI is InChI=1S/C8H6Cl2F2N2/c9-6-1-5(7(10)14-13-6)4-2-8(11,12)3-4/h1,4H,2-3H2. The van der Waals surface area contributed by atoms with Crippen LogP contribution in [0.15, 0.2) is 6.07 Å². The Morgan fingerprint density at radius 2 is 1.93 bits per heavy atom. The van der Waals surface area contributed by atoms with Crippen LogP contribution >= 0.6 is 23.2 Å². The second-order valence-corrected chi connectivity index (χ2v) is 4.12. The van der Waals surface area contributed by atoms with Crippen LogP contribution in [0.3, 0.4) is 0 Å². The molecule has 0 unspecified atom stereocenters.